The number of aromatic nitrogens is 2. The SMILES string of the molecule is N#Cc1cc(-c2ccncc2)c(-c2ccco2)nc1Cl. The van der Waals surface area contributed by atoms with Crippen molar-refractivity contribution in [1.29, 1.82) is 5.26 Å². The van der Waals surface area contributed by atoms with Crippen molar-refractivity contribution in [2.45, 2.75) is 0 Å². The average Bonchev–Trinajstić information content (AvgIpc) is 3.02. The van der Waals surface area contributed by atoms with Crippen LogP contribution < -0.4 is 0 Å². The van der Waals surface area contributed by atoms with E-state index in [2.05, 4.69) is 9.97 Å². The van der Waals surface area contributed by atoms with Crippen molar-refractivity contribution in [1.82, 2.24) is 9.97 Å². The molecule has 0 amide bonds. The van der Waals surface area contributed by atoms with Crippen LogP contribution >= 0.6 is 11.6 Å². The third kappa shape index (κ3) is 2.15. The zero-order valence-corrected chi connectivity index (χ0v) is 11.0. The number of halogens is 1. The quantitative estimate of drug-likeness (QED) is 0.668. The van der Waals surface area contributed by atoms with Crippen LogP contribution in [0.4, 0.5) is 0 Å². The Kier molecular flexibility index (Phi) is 3.20. The molecule has 0 aliphatic rings. The van der Waals surface area contributed by atoms with E-state index < -0.39 is 0 Å². The van der Waals surface area contributed by atoms with Crippen molar-refractivity contribution < 1.29 is 4.42 Å². The highest BCUT2D eigenvalue weighted by atomic mass is 35.5. The van der Waals surface area contributed by atoms with Gasteiger partial charge in [-0.1, -0.05) is 11.6 Å². The third-order valence-corrected chi connectivity index (χ3v) is 3.13. The smallest absolute Gasteiger partial charge is 0.152 e. The molecule has 0 saturated heterocycles. The van der Waals surface area contributed by atoms with Gasteiger partial charge in [-0.15, -0.1) is 0 Å². The first-order chi connectivity index (χ1) is 9.79. The van der Waals surface area contributed by atoms with E-state index >= 15 is 0 Å². The van der Waals surface area contributed by atoms with E-state index in [0.717, 1.165) is 11.1 Å². The summed E-state index contributed by atoms with van der Waals surface area (Å²) in [4.78, 5) is 8.28. The lowest BCUT2D eigenvalue weighted by molar-refractivity contribution is 0.580. The Morgan fingerprint density at radius 1 is 1.20 bits per heavy atom. The molecule has 0 radical (unpaired) electrons. The maximum Gasteiger partial charge on any atom is 0.152 e. The summed E-state index contributed by atoms with van der Waals surface area (Å²) in [5.74, 6) is 0.600. The molecule has 0 aliphatic heterocycles. The first kappa shape index (κ1) is 12.4. The Bertz CT molecular complexity index is 777. The molecule has 0 aliphatic carbocycles. The van der Waals surface area contributed by atoms with E-state index in [-0.39, 0.29) is 5.15 Å². The fourth-order valence-electron chi connectivity index (χ4n) is 1.92. The zero-order chi connectivity index (χ0) is 13.9. The van der Waals surface area contributed by atoms with Crippen LogP contribution in [0.3, 0.4) is 0 Å². The molecule has 4 nitrogen and oxygen atoms in total. The lowest BCUT2D eigenvalue weighted by atomic mass is 10.0. The van der Waals surface area contributed by atoms with Gasteiger partial charge in [-0.2, -0.15) is 5.26 Å². The molecule has 5 heteroatoms. The largest absolute Gasteiger partial charge is 0.463 e. The van der Waals surface area contributed by atoms with Crippen LogP contribution in [0.1, 0.15) is 5.56 Å². The van der Waals surface area contributed by atoms with Crippen molar-refractivity contribution in [3.8, 4) is 28.7 Å². The van der Waals surface area contributed by atoms with Crippen LogP contribution in [0.5, 0.6) is 0 Å². The highest BCUT2D eigenvalue weighted by Gasteiger charge is 2.15. The molecule has 0 fully saturated rings. The molecular weight excluding hydrogens is 274 g/mol. The molecular formula is C15H8ClN3O. The van der Waals surface area contributed by atoms with Crippen molar-refractivity contribution in [2.75, 3.05) is 0 Å². The van der Waals surface area contributed by atoms with E-state index in [1.54, 1.807) is 36.9 Å². The summed E-state index contributed by atoms with van der Waals surface area (Å²) >= 11 is 6.02. The molecule has 0 bridgehead atoms. The van der Waals surface area contributed by atoms with Gasteiger partial charge >= 0.3 is 0 Å². The normalized spacial score (nSPS) is 10.2. The van der Waals surface area contributed by atoms with Crippen molar-refractivity contribution >= 4 is 11.6 Å². The molecule has 0 atom stereocenters. The summed E-state index contributed by atoms with van der Waals surface area (Å²) in [5.41, 5.74) is 2.61. The van der Waals surface area contributed by atoms with Gasteiger partial charge in [0.05, 0.1) is 11.8 Å². The van der Waals surface area contributed by atoms with Crippen LogP contribution in [0.15, 0.2) is 53.4 Å². The maximum atomic E-state index is 9.10. The van der Waals surface area contributed by atoms with E-state index in [1.807, 2.05) is 18.2 Å². The van der Waals surface area contributed by atoms with Crippen LogP contribution in [0.2, 0.25) is 5.15 Å². The average molecular weight is 282 g/mol. The first-order valence-corrected chi connectivity index (χ1v) is 6.22. The summed E-state index contributed by atoms with van der Waals surface area (Å²) in [7, 11) is 0. The van der Waals surface area contributed by atoms with Gasteiger partial charge in [0.1, 0.15) is 16.9 Å². The van der Waals surface area contributed by atoms with E-state index in [1.165, 1.54) is 0 Å². The van der Waals surface area contributed by atoms with Gasteiger partial charge < -0.3 is 4.42 Å². The molecule has 0 saturated carbocycles. The lowest BCUT2D eigenvalue weighted by Crippen LogP contribution is -1.92. The zero-order valence-electron chi connectivity index (χ0n) is 10.2. The summed E-state index contributed by atoms with van der Waals surface area (Å²) < 4.78 is 5.39. The van der Waals surface area contributed by atoms with Crippen LogP contribution in [0, 0.1) is 11.3 Å². The van der Waals surface area contributed by atoms with Gasteiger partial charge in [0.2, 0.25) is 0 Å². The van der Waals surface area contributed by atoms with Crippen molar-refractivity contribution in [3.05, 3.63) is 59.7 Å². The maximum absolute atomic E-state index is 9.10. The molecule has 0 aromatic carbocycles. The Labute approximate surface area is 120 Å². The Hall–Kier alpha value is -2.64. The highest BCUT2D eigenvalue weighted by Crippen LogP contribution is 2.33. The van der Waals surface area contributed by atoms with E-state index in [0.29, 0.717) is 17.0 Å². The molecule has 96 valence electrons. The van der Waals surface area contributed by atoms with E-state index in [9.17, 15) is 0 Å². The van der Waals surface area contributed by atoms with E-state index in [4.69, 9.17) is 21.3 Å². The highest BCUT2D eigenvalue weighted by molar-refractivity contribution is 6.30. The second-order valence-electron chi connectivity index (χ2n) is 4.05. The Morgan fingerprint density at radius 3 is 2.65 bits per heavy atom. The molecule has 3 aromatic rings. The minimum absolute atomic E-state index is 0.164. The number of nitrogens with zero attached hydrogens (tertiary/aromatic N) is 3. The molecule has 3 heterocycles. The minimum Gasteiger partial charge on any atom is -0.463 e. The van der Waals surface area contributed by atoms with Gasteiger partial charge in [0.15, 0.2) is 5.76 Å². The fraction of sp³-hybridized carbons (Fsp3) is 0. The number of hydrogen-bond acceptors (Lipinski definition) is 4. The number of nitriles is 1. The van der Waals surface area contributed by atoms with Gasteiger partial charge in [0.25, 0.3) is 0 Å². The molecule has 0 N–H and O–H groups in total. The molecule has 0 unspecified atom stereocenters. The third-order valence-electron chi connectivity index (χ3n) is 2.84. The molecule has 3 rings (SSSR count). The second-order valence-corrected chi connectivity index (χ2v) is 4.41. The predicted octanol–water partition coefficient (Wildman–Crippen LogP) is 3.93. The topological polar surface area (TPSA) is 62.7 Å². The second kappa shape index (κ2) is 5.16. The lowest BCUT2D eigenvalue weighted by Gasteiger charge is -2.08. The van der Waals surface area contributed by atoms with Gasteiger partial charge in [0, 0.05) is 18.0 Å². The molecule has 20 heavy (non-hydrogen) atoms. The van der Waals surface area contributed by atoms with Crippen LogP contribution in [0.25, 0.3) is 22.6 Å². The number of hydrogen-bond donors (Lipinski definition) is 0. The van der Waals surface area contributed by atoms with Gasteiger partial charge in [-0.25, -0.2) is 4.98 Å². The molecule has 3 aromatic heterocycles. The first-order valence-electron chi connectivity index (χ1n) is 5.84. The predicted molar refractivity (Wildman–Crippen MR) is 74.9 cm³/mol. The molecule has 0 spiro atoms. The summed E-state index contributed by atoms with van der Waals surface area (Å²) in [6.45, 7) is 0. The summed E-state index contributed by atoms with van der Waals surface area (Å²) in [6, 6.07) is 11.0. The van der Waals surface area contributed by atoms with Gasteiger partial charge in [-0.3, -0.25) is 4.98 Å². The summed E-state index contributed by atoms with van der Waals surface area (Å²) in [5, 5.41) is 9.26. The Balaban J connectivity index is 2.29. The minimum atomic E-state index is 0.164. The number of pyridine rings is 2. The Morgan fingerprint density at radius 2 is 2.00 bits per heavy atom. The van der Waals surface area contributed by atoms with Crippen molar-refractivity contribution in [3.63, 3.8) is 0 Å². The fourth-order valence-corrected chi connectivity index (χ4v) is 2.10. The number of furan rings is 1. The van der Waals surface area contributed by atoms with Crippen LogP contribution in [-0.4, -0.2) is 9.97 Å². The van der Waals surface area contributed by atoms with Crippen molar-refractivity contribution in [2.24, 2.45) is 0 Å². The standard InChI is InChI=1S/C15H8ClN3O/c16-15-11(9-17)8-12(10-3-5-18-6-4-10)14(19-15)13-2-1-7-20-13/h1-8H. The van der Waals surface area contributed by atoms with Crippen LogP contribution in [-0.2, 0) is 0 Å². The monoisotopic (exact) mass is 281 g/mol. The number of rotatable bonds is 2. The van der Waals surface area contributed by atoms with Gasteiger partial charge in [-0.05, 0) is 35.9 Å². The summed E-state index contributed by atoms with van der Waals surface area (Å²) in [6.07, 6.45) is 4.93.